The number of benzene rings is 1. The first-order chi connectivity index (χ1) is 8.68. The van der Waals surface area contributed by atoms with Gasteiger partial charge < -0.3 is 15.4 Å². The second-order valence-corrected chi connectivity index (χ2v) is 4.37. The van der Waals surface area contributed by atoms with Gasteiger partial charge >= 0.3 is 0 Å². The van der Waals surface area contributed by atoms with Crippen molar-refractivity contribution in [2.24, 2.45) is 0 Å². The Kier molecular flexibility index (Phi) is 6.87. The molecule has 0 aliphatic rings. The summed E-state index contributed by atoms with van der Waals surface area (Å²) < 4.78 is 5.47. The van der Waals surface area contributed by atoms with Crippen LogP contribution >= 0.6 is 0 Å². The lowest BCUT2D eigenvalue weighted by Gasteiger charge is -2.09. The van der Waals surface area contributed by atoms with Gasteiger partial charge in [-0.3, -0.25) is 4.79 Å². The van der Waals surface area contributed by atoms with Crippen LogP contribution in [0.5, 0.6) is 5.75 Å². The molecular weight excluding hydrogens is 228 g/mol. The molecule has 2 N–H and O–H groups in total. The molecule has 0 aliphatic heterocycles. The highest BCUT2D eigenvalue weighted by molar-refractivity contribution is 5.76. The lowest BCUT2D eigenvalue weighted by molar-refractivity contribution is -0.121. The predicted octanol–water partition coefficient (Wildman–Crippen LogP) is 1.57. The average molecular weight is 250 g/mol. The first-order valence-corrected chi connectivity index (χ1v) is 6.36. The molecule has 0 fully saturated rings. The summed E-state index contributed by atoms with van der Waals surface area (Å²) in [5, 5.41) is 6.02. The second-order valence-electron chi connectivity index (χ2n) is 4.37. The van der Waals surface area contributed by atoms with Crippen LogP contribution in [0.15, 0.2) is 30.3 Å². The molecule has 1 rings (SSSR count). The Bertz CT molecular complexity index is 339. The van der Waals surface area contributed by atoms with Gasteiger partial charge in [-0.25, -0.2) is 0 Å². The molecule has 1 aromatic rings. The Morgan fingerprint density at radius 3 is 2.61 bits per heavy atom. The minimum atomic E-state index is 0.0554. The van der Waals surface area contributed by atoms with E-state index in [1.165, 1.54) is 0 Å². The van der Waals surface area contributed by atoms with E-state index in [2.05, 4.69) is 24.5 Å². The molecule has 100 valence electrons. The van der Waals surface area contributed by atoms with Crippen molar-refractivity contribution in [1.82, 2.24) is 10.6 Å². The van der Waals surface area contributed by atoms with E-state index in [4.69, 9.17) is 4.74 Å². The minimum absolute atomic E-state index is 0.0554. The molecule has 0 unspecified atom stereocenters. The minimum Gasteiger partial charge on any atom is -0.492 e. The molecule has 0 radical (unpaired) electrons. The van der Waals surface area contributed by atoms with Gasteiger partial charge in [0.05, 0.1) is 6.54 Å². The van der Waals surface area contributed by atoms with Gasteiger partial charge in [-0.2, -0.15) is 0 Å². The molecule has 0 heterocycles. The van der Waals surface area contributed by atoms with E-state index < -0.39 is 0 Å². The molecule has 0 saturated carbocycles. The number of carbonyl (C=O) groups excluding carboxylic acids is 1. The van der Waals surface area contributed by atoms with Crippen LogP contribution < -0.4 is 15.4 Å². The standard InChI is InChI=1S/C14H22N2O2/c1-12(2)15-9-8-14(17)16-10-11-18-13-6-4-3-5-7-13/h3-7,12,15H,8-11H2,1-2H3,(H,16,17). The van der Waals surface area contributed by atoms with Crippen LogP contribution in [0.25, 0.3) is 0 Å². The topological polar surface area (TPSA) is 50.4 Å². The highest BCUT2D eigenvalue weighted by atomic mass is 16.5. The maximum Gasteiger partial charge on any atom is 0.221 e. The molecular formula is C14H22N2O2. The Labute approximate surface area is 109 Å². The van der Waals surface area contributed by atoms with Crippen molar-refractivity contribution in [2.45, 2.75) is 26.3 Å². The number of hydrogen-bond acceptors (Lipinski definition) is 3. The summed E-state index contributed by atoms with van der Waals surface area (Å²) >= 11 is 0. The molecule has 18 heavy (non-hydrogen) atoms. The van der Waals surface area contributed by atoms with Crippen molar-refractivity contribution in [3.8, 4) is 5.75 Å². The molecule has 0 aromatic heterocycles. The Morgan fingerprint density at radius 2 is 1.94 bits per heavy atom. The fourth-order valence-corrected chi connectivity index (χ4v) is 1.44. The van der Waals surface area contributed by atoms with Crippen LogP contribution in [-0.4, -0.2) is 31.6 Å². The second kappa shape index (κ2) is 8.53. The lowest BCUT2D eigenvalue weighted by Crippen LogP contribution is -2.32. The predicted molar refractivity (Wildman–Crippen MR) is 72.7 cm³/mol. The van der Waals surface area contributed by atoms with Crippen molar-refractivity contribution in [3.05, 3.63) is 30.3 Å². The van der Waals surface area contributed by atoms with Gasteiger partial charge in [0.15, 0.2) is 0 Å². The first-order valence-electron chi connectivity index (χ1n) is 6.36. The summed E-state index contributed by atoms with van der Waals surface area (Å²) in [6.07, 6.45) is 0.503. The Morgan fingerprint density at radius 1 is 1.22 bits per heavy atom. The molecule has 0 spiro atoms. The number of hydrogen-bond donors (Lipinski definition) is 2. The monoisotopic (exact) mass is 250 g/mol. The third kappa shape index (κ3) is 6.91. The van der Waals surface area contributed by atoms with E-state index in [1.54, 1.807) is 0 Å². The number of carbonyl (C=O) groups is 1. The fourth-order valence-electron chi connectivity index (χ4n) is 1.44. The van der Waals surface area contributed by atoms with Crippen LogP contribution in [0.2, 0.25) is 0 Å². The fraction of sp³-hybridized carbons (Fsp3) is 0.500. The van der Waals surface area contributed by atoms with Gasteiger partial charge in [-0.05, 0) is 12.1 Å². The highest BCUT2D eigenvalue weighted by Crippen LogP contribution is 2.07. The summed E-state index contributed by atoms with van der Waals surface area (Å²) in [7, 11) is 0. The van der Waals surface area contributed by atoms with Crippen LogP contribution in [0.1, 0.15) is 20.3 Å². The third-order valence-corrected chi connectivity index (χ3v) is 2.34. The Hall–Kier alpha value is -1.55. The zero-order valence-corrected chi connectivity index (χ0v) is 11.1. The molecule has 1 amide bonds. The van der Waals surface area contributed by atoms with Crippen molar-refractivity contribution < 1.29 is 9.53 Å². The van der Waals surface area contributed by atoms with Crippen molar-refractivity contribution >= 4 is 5.91 Å². The summed E-state index contributed by atoms with van der Waals surface area (Å²) in [5.74, 6) is 0.882. The van der Waals surface area contributed by atoms with Gasteiger partial charge in [0.2, 0.25) is 5.91 Å². The van der Waals surface area contributed by atoms with Gasteiger partial charge in [-0.1, -0.05) is 32.0 Å². The highest BCUT2D eigenvalue weighted by Gasteiger charge is 2.01. The average Bonchev–Trinajstić information content (AvgIpc) is 2.35. The normalized spacial score (nSPS) is 10.4. The van der Waals surface area contributed by atoms with Crippen molar-refractivity contribution in [1.29, 1.82) is 0 Å². The van der Waals surface area contributed by atoms with E-state index in [0.717, 1.165) is 5.75 Å². The van der Waals surface area contributed by atoms with Gasteiger partial charge in [0.1, 0.15) is 12.4 Å². The number of para-hydroxylation sites is 1. The molecule has 0 atom stereocenters. The van der Waals surface area contributed by atoms with E-state index in [-0.39, 0.29) is 5.91 Å². The zero-order valence-electron chi connectivity index (χ0n) is 11.1. The number of ether oxygens (including phenoxy) is 1. The quantitative estimate of drug-likeness (QED) is 0.689. The molecule has 1 aromatic carbocycles. The smallest absolute Gasteiger partial charge is 0.221 e. The number of rotatable bonds is 8. The summed E-state index contributed by atoms with van der Waals surface area (Å²) in [5.41, 5.74) is 0. The molecule has 4 nitrogen and oxygen atoms in total. The maximum atomic E-state index is 11.4. The summed E-state index contributed by atoms with van der Waals surface area (Å²) in [4.78, 5) is 11.4. The van der Waals surface area contributed by atoms with Crippen molar-refractivity contribution in [3.63, 3.8) is 0 Å². The first kappa shape index (κ1) is 14.5. The largest absolute Gasteiger partial charge is 0.492 e. The third-order valence-electron chi connectivity index (χ3n) is 2.34. The number of nitrogens with one attached hydrogen (secondary N) is 2. The van der Waals surface area contributed by atoms with Crippen LogP contribution in [0.3, 0.4) is 0 Å². The summed E-state index contributed by atoms with van der Waals surface area (Å²) in [6, 6.07) is 10.00. The van der Waals surface area contributed by atoms with E-state index in [1.807, 2.05) is 30.3 Å². The number of amides is 1. The SMILES string of the molecule is CC(C)NCCC(=O)NCCOc1ccccc1. The van der Waals surface area contributed by atoms with E-state index >= 15 is 0 Å². The molecule has 0 bridgehead atoms. The zero-order chi connectivity index (χ0) is 13.2. The maximum absolute atomic E-state index is 11.4. The van der Waals surface area contributed by atoms with E-state index in [9.17, 15) is 4.79 Å². The van der Waals surface area contributed by atoms with E-state index in [0.29, 0.717) is 32.2 Å². The molecule has 0 saturated heterocycles. The van der Waals surface area contributed by atoms with Gasteiger partial charge in [0.25, 0.3) is 0 Å². The van der Waals surface area contributed by atoms with Gasteiger partial charge in [-0.15, -0.1) is 0 Å². The van der Waals surface area contributed by atoms with Crippen LogP contribution in [0, 0.1) is 0 Å². The lowest BCUT2D eigenvalue weighted by atomic mass is 10.3. The van der Waals surface area contributed by atoms with Crippen LogP contribution in [-0.2, 0) is 4.79 Å². The summed E-state index contributed by atoms with van der Waals surface area (Å²) in [6.45, 7) is 5.86. The molecule has 0 aliphatic carbocycles. The van der Waals surface area contributed by atoms with Gasteiger partial charge in [0, 0.05) is 19.0 Å². The molecule has 4 heteroatoms. The van der Waals surface area contributed by atoms with Crippen LogP contribution in [0.4, 0.5) is 0 Å². The Balaban J connectivity index is 2.02. The van der Waals surface area contributed by atoms with Crippen molar-refractivity contribution in [2.75, 3.05) is 19.7 Å².